The molecule has 9 heteroatoms. The molecule has 2 aliphatic heterocycles. The number of hydrogen-bond acceptors (Lipinski definition) is 8. The van der Waals surface area contributed by atoms with E-state index in [1.807, 2.05) is 61.9 Å². The second-order valence-electron chi connectivity index (χ2n) is 7.19. The van der Waals surface area contributed by atoms with Gasteiger partial charge in [0, 0.05) is 38.6 Å². The number of aliphatic hydroxyl groups is 2. The molecule has 0 aliphatic carbocycles. The average Bonchev–Trinajstić information content (AvgIpc) is 3.41. The maximum Gasteiger partial charge on any atom is 0.153 e. The van der Waals surface area contributed by atoms with Gasteiger partial charge in [0.1, 0.15) is 23.9 Å². The Hall–Kier alpha value is -1.20. The SMILES string of the molecule is CN(CCO)c1ccc(C2=CS[N+]3(SC=C(c4ccc(N(C)CCO)cc4)S3)S2)cc1. The number of hydrogen-bond donors (Lipinski definition) is 2. The smallest absolute Gasteiger partial charge is 0.153 e. The molecule has 5 nitrogen and oxygen atoms in total. The number of rotatable bonds is 8. The first kappa shape index (κ1) is 23.0. The van der Waals surface area contributed by atoms with E-state index in [-0.39, 0.29) is 13.2 Å². The Labute approximate surface area is 201 Å². The molecule has 2 heterocycles. The van der Waals surface area contributed by atoms with Crippen LogP contribution < -0.4 is 9.80 Å². The van der Waals surface area contributed by atoms with Crippen molar-refractivity contribution >= 4 is 69.0 Å². The second kappa shape index (κ2) is 10.2. The first-order valence-corrected chi connectivity index (χ1v) is 13.2. The van der Waals surface area contributed by atoms with Gasteiger partial charge < -0.3 is 20.0 Å². The van der Waals surface area contributed by atoms with Gasteiger partial charge in [0.2, 0.25) is 0 Å². The van der Waals surface area contributed by atoms with Crippen molar-refractivity contribution in [1.29, 1.82) is 0 Å². The molecule has 164 valence electrons. The lowest BCUT2D eigenvalue weighted by molar-refractivity contribution is -0.263. The third kappa shape index (κ3) is 5.24. The number of likely N-dealkylation sites (N-methyl/N-ethyl adjacent to an activating group) is 2. The zero-order valence-electron chi connectivity index (χ0n) is 17.5. The molecule has 0 amide bonds. The Kier molecular flexibility index (Phi) is 7.53. The molecular weight excluding hydrogens is 467 g/mol. The van der Waals surface area contributed by atoms with Crippen LogP contribution in [0.4, 0.5) is 11.4 Å². The molecule has 0 fully saturated rings. The first-order chi connectivity index (χ1) is 15.0. The summed E-state index contributed by atoms with van der Waals surface area (Å²) in [7, 11) is 3.99. The van der Waals surface area contributed by atoms with E-state index in [4.69, 9.17) is 10.2 Å². The quantitative estimate of drug-likeness (QED) is 0.381. The number of quaternary nitrogens is 1. The van der Waals surface area contributed by atoms with E-state index in [0.717, 1.165) is 13.5 Å². The third-order valence-corrected chi connectivity index (χ3v) is 11.0. The molecular formula is C22H26N3O2S4+. The summed E-state index contributed by atoms with van der Waals surface area (Å²) in [6.45, 7) is 1.57. The molecule has 4 rings (SSSR count). The maximum atomic E-state index is 9.13. The molecule has 0 bridgehead atoms. The fraction of sp³-hybridized carbons (Fsp3) is 0.273. The topological polar surface area (TPSA) is 46.9 Å². The van der Waals surface area contributed by atoms with Crippen LogP contribution in [0.25, 0.3) is 9.81 Å². The van der Waals surface area contributed by atoms with Crippen LogP contribution in [-0.4, -0.2) is 52.7 Å². The van der Waals surface area contributed by atoms with Crippen LogP contribution in [0.2, 0.25) is 0 Å². The molecule has 0 saturated carbocycles. The van der Waals surface area contributed by atoms with E-state index in [0.29, 0.717) is 13.1 Å². The Morgan fingerprint density at radius 1 is 0.677 bits per heavy atom. The van der Waals surface area contributed by atoms with Crippen molar-refractivity contribution in [2.45, 2.75) is 0 Å². The lowest BCUT2D eigenvalue weighted by Gasteiger charge is -2.19. The fourth-order valence-corrected chi connectivity index (χ4v) is 8.74. The molecule has 0 aromatic heterocycles. The van der Waals surface area contributed by atoms with Gasteiger partial charge >= 0.3 is 0 Å². The Morgan fingerprint density at radius 3 is 1.42 bits per heavy atom. The van der Waals surface area contributed by atoms with E-state index in [1.54, 1.807) is 0 Å². The summed E-state index contributed by atoms with van der Waals surface area (Å²) in [6, 6.07) is 17.1. The van der Waals surface area contributed by atoms with Gasteiger partial charge in [-0.05, 0) is 35.4 Å². The summed E-state index contributed by atoms with van der Waals surface area (Å²) < 4.78 is 0.753. The third-order valence-electron chi connectivity index (χ3n) is 5.05. The summed E-state index contributed by atoms with van der Waals surface area (Å²) in [5, 5.41) is 22.8. The van der Waals surface area contributed by atoms with Crippen molar-refractivity contribution in [2.75, 3.05) is 50.2 Å². The Bertz CT molecular complexity index is 884. The highest BCUT2D eigenvalue weighted by Gasteiger charge is 2.47. The van der Waals surface area contributed by atoms with Gasteiger partial charge in [-0.1, -0.05) is 26.4 Å². The minimum atomic E-state index is 0.155. The summed E-state index contributed by atoms with van der Waals surface area (Å²) >= 11 is 7.35. The molecule has 0 saturated heterocycles. The van der Waals surface area contributed by atoms with Gasteiger partial charge in [-0.15, -0.1) is 0 Å². The zero-order valence-corrected chi connectivity index (χ0v) is 20.7. The maximum absolute atomic E-state index is 9.13. The highest BCUT2D eigenvalue weighted by molar-refractivity contribution is 8.37. The summed E-state index contributed by atoms with van der Waals surface area (Å²) in [5.74, 6) is 0. The van der Waals surface area contributed by atoms with Crippen LogP contribution in [0.3, 0.4) is 0 Å². The first-order valence-electron chi connectivity index (χ1n) is 9.94. The number of anilines is 2. The molecule has 0 radical (unpaired) electrons. The summed E-state index contributed by atoms with van der Waals surface area (Å²) in [5.41, 5.74) is 4.67. The summed E-state index contributed by atoms with van der Waals surface area (Å²) in [4.78, 5) is 6.66. The largest absolute Gasteiger partial charge is 0.395 e. The highest BCUT2D eigenvalue weighted by atomic mass is 32.3. The van der Waals surface area contributed by atoms with Crippen molar-refractivity contribution < 1.29 is 12.3 Å². The van der Waals surface area contributed by atoms with Crippen molar-refractivity contribution in [2.24, 2.45) is 0 Å². The monoisotopic (exact) mass is 492 g/mol. The molecule has 2 N–H and O–H groups in total. The lowest BCUT2D eigenvalue weighted by atomic mass is 10.2. The highest BCUT2D eigenvalue weighted by Crippen LogP contribution is 2.68. The fourth-order valence-electron chi connectivity index (χ4n) is 3.20. The Balaban J connectivity index is 1.38. The zero-order chi connectivity index (χ0) is 21.8. The van der Waals surface area contributed by atoms with E-state index < -0.39 is 0 Å². The molecule has 2 aromatic rings. The van der Waals surface area contributed by atoms with E-state index in [2.05, 4.69) is 69.1 Å². The molecule has 0 atom stereocenters. The molecule has 2 aromatic carbocycles. The van der Waals surface area contributed by atoms with Crippen LogP contribution in [0.1, 0.15) is 11.1 Å². The number of nitrogens with zero attached hydrogens (tertiary/aromatic N) is 3. The minimum absolute atomic E-state index is 0.155. The van der Waals surface area contributed by atoms with Gasteiger partial charge in [0.25, 0.3) is 0 Å². The predicted molar refractivity (Wildman–Crippen MR) is 140 cm³/mol. The van der Waals surface area contributed by atoms with Crippen LogP contribution >= 0.6 is 47.8 Å². The van der Waals surface area contributed by atoms with Gasteiger partial charge in [-0.25, -0.2) is 0 Å². The van der Waals surface area contributed by atoms with Crippen molar-refractivity contribution in [3.05, 3.63) is 70.5 Å². The van der Waals surface area contributed by atoms with Crippen LogP contribution in [0.15, 0.2) is 59.3 Å². The Morgan fingerprint density at radius 2 is 1.06 bits per heavy atom. The van der Waals surface area contributed by atoms with Crippen molar-refractivity contribution in [1.82, 2.24) is 0 Å². The van der Waals surface area contributed by atoms with Crippen LogP contribution in [-0.2, 0) is 0 Å². The standard InChI is InChI=1S/C22H26N3O2S4/c1-23(11-13-26)19-7-3-17(4-8-19)21-15-28-25(30-21)29-16-22(31-25)18-5-9-20(10-6-18)24(2)12-14-27/h3-10,15-16,26-27H,11-14H2,1-2H3/q+1. The molecule has 31 heavy (non-hydrogen) atoms. The van der Waals surface area contributed by atoms with Gasteiger partial charge in [0.05, 0.1) is 33.8 Å². The van der Waals surface area contributed by atoms with Gasteiger partial charge in [-0.2, -0.15) is 0 Å². The normalized spacial score (nSPS) is 17.0. The average molecular weight is 493 g/mol. The van der Waals surface area contributed by atoms with Crippen LogP contribution in [0, 0.1) is 0 Å². The van der Waals surface area contributed by atoms with Crippen molar-refractivity contribution in [3.63, 3.8) is 0 Å². The van der Waals surface area contributed by atoms with E-state index in [1.165, 1.54) is 20.9 Å². The van der Waals surface area contributed by atoms with Gasteiger partial charge in [0.15, 0.2) is 23.9 Å². The molecule has 1 spiro atoms. The van der Waals surface area contributed by atoms with Gasteiger partial charge in [-0.3, -0.25) is 0 Å². The lowest BCUT2D eigenvalue weighted by Crippen LogP contribution is -2.20. The number of benzene rings is 2. The van der Waals surface area contributed by atoms with Crippen LogP contribution in [0.5, 0.6) is 0 Å². The minimum Gasteiger partial charge on any atom is -0.395 e. The van der Waals surface area contributed by atoms with E-state index >= 15 is 0 Å². The molecule has 2 aliphatic rings. The number of aliphatic hydroxyl groups excluding tert-OH is 2. The second-order valence-corrected chi connectivity index (χ2v) is 12.9. The predicted octanol–water partition coefficient (Wildman–Crippen LogP) is 5.28. The van der Waals surface area contributed by atoms with Crippen molar-refractivity contribution in [3.8, 4) is 0 Å². The molecule has 0 unspecified atom stereocenters. The summed E-state index contributed by atoms with van der Waals surface area (Å²) in [6.07, 6.45) is 0. The van der Waals surface area contributed by atoms with E-state index in [9.17, 15) is 0 Å².